The second-order valence-electron chi connectivity index (χ2n) is 17.3. The number of aliphatic hydroxyl groups excluding tert-OH is 2. The van der Waals surface area contributed by atoms with E-state index in [0.29, 0.717) is 58.5 Å². The Bertz CT molecular complexity index is 991. The second kappa shape index (κ2) is 53.2. The fourth-order valence-corrected chi connectivity index (χ4v) is 5.68. The summed E-state index contributed by atoms with van der Waals surface area (Å²) in [6.07, 6.45) is 9.88. The van der Waals surface area contributed by atoms with Crippen molar-refractivity contribution in [3.05, 3.63) is 37.6 Å². The van der Waals surface area contributed by atoms with Gasteiger partial charge in [0.05, 0.1) is 32.5 Å². The van der Waals surface area contributed by atoms with Crippen molar-refractivity contribution in [1.82, 2.24) is 0 Å². The summed E-state index contributed by atoms with van der Waals surface area (Å²) in [7, 11) is -4.16. The maximum Gasteiger partial charge on any atom is 0.306 e. The molecule has 0 amide bonds. The van der Waals surface area contributed by atoms with Gasteiger partial charge in [0.2, 0.25) is 0 Å². The van der Waals surface area contributed by atoms with Gasteiger partial charge in [0.15, 0.2) is 0 Å². The third-order valence-electron chi connectivity index (χ3n) is 6.41. The molecule has 60 heavy (non-hydrogen) atoms. The third kappa shape index (κ3) is 106. The van der Waals surface area contributed by atoms with Crippen molar-refractivity contribution >= 4 is 62.5 Å². The molecular formula is C44H100MoO11Si4. The zero-order valence-corrected chi connectivity index (χ0v) is 42.6. The summed E-state index contributed by atoms with van der Waals surface area (Å²) in [6, 6.07) is 4.08. The van der Waals surface area contributed by atoms with E-state index in [-0.39, 0.29) is 95.4 Å². The molecule has 0 aliphatic carbocycles. The van der Waals surface area contributed by atoms with Gasteiger partial charge in [0.25, 0.3) is 0 Å². The molecule has 0 fully saturated rings. The number of carbonyl (C=O) groups is 5. The minimum absolute atomic E-state index is 0. The number of esters is 3. The van der Waals surface area contributed by atoms with Crippen LogP contribution in [-0.4, -0.2) is 104 Å². The number of hydrogen-bond donors (Lipinski definition) is 3. The van der Waals surface area contributed by atoms with Crippen molar-refractivity contribution in [2.45, 2.75) is 191 Å². The number of carboxylic acids is 1. The number of hydrogen-bond acceptors (Lipinski definition) is 10. The van der Waals surface area contributed by atoms with Gasteiger partial charge in [-0.15, -0.1) is 13.2 Å². The maximum absolute atomic E-state index is 11.1. The van der Waals surface area contributed by atoms with E-state index in [4.69, 9.17) is 29.5 Å². The van der Waals surface area contributed by atoms with E-state index < -0.39 is 38.3 Å². The molecule has 0 aromatic carbocycles. The first kappa shape index (κ1) is 85.4. The predicted octanol–water partition coefficient (Wildman–Crippen LogP) is 12.9. The normalized spacial score (nSPS) is 9.88. The molecule has 0 rings (SSSR count). The number of carboxylic acid groups (broad SMARTS) is 1. The van der Waals surface area contributed by atoms with Crippen LogP contribution in [0.15, 0.2) is 37.6 Å². The fourth-order valence-electron chi connectivity index (χ4n) is 2.86. The molecule has 0 aromatic heterocycles. The first-order valence-electron chi connectivity index (χ1n) is 18.9. The number of allylic oxidation sites excluding steroid dienone is 3. The summed E-state index contributed by atoms with van der Waals surface area (Å²) in [5, 5.41) is 24.8. The van der Waals surface area contributed by atoms with E-state index in [2.05, 4.69) is 91.7 Å². The summed E-state index contributed by atoms with van der Waals surface area (Å²) >= 11 is 0. The molecule has 0 aliphatic rings. The van der Waals surface area contributed by atoms with Crippen LogP contribution in [0.4, 0.5) is 0 Å². The summed E-state index contributed by atoms with van der Waals surface area (Å²) in [5.74, 6) is -1.30. The number of aliphatic hydroxyl groups is 2. The largest absolute Gasteiger partial charge is 0.516 e. The van der Waals surface area contributed by atoms with Crippen molar-refractivity contribution in [3.8, 4) is 0 Å². The van der Waals surface area contributed by atoms with Gasteiger partial charge in [-0.25, -0.2) is 0 Å². The number of rotatable bonds is 23. The minimum Gasteiger partial charge on any atom is -0.516 e. The van der Waals surface area contributed by atoms with Crippen LogP contribution in [0.2, 0.25) is 103 Å². The van der Waals surface area contributed by atoms with Gasteiger partial charge in [0, 0.05) is 85.7 Å². The fraction of sp³-hybridized carbons (Fsp3) is 0.750. The second-order valence-corrected chi connectivity index (χ2v) is 39.8. The molecule has 0 saturated heterocycles. The Morgan fingerprint density at radius 3 is 1.00 bits per heavy atom. The van der Waals surface area contributed by atoms with E-state index in [1.54, 1.807) is 18.2 Å². The molecule has 0 bridgehead atoms. The maximum atomic E-state index is 11.1. The molecule has 364 valence electrons. The van der Waals surface area contributed by atoms with Crippen LogP contribution in [0.3, 0.4) is 0 Å². The van der Waals surface area contributed by atoms with Gasteiger partial charge < -0.3 is 34.3 Å². The first-order valence-corrected chi connectivity index (χ1v) is 33.8. The van der Waals surface area contributed by atoms with Gasteiger partial charge >= 0.3 is 23.9 Å². The van der Waals surface area contributed by atoms with Crippen LogP contribution in [0.1, 0.15) is 88.5 Å². The van der Waals surface area contributed by atoms with E-state index >= 15 is 0 Å². The quantitative estimate of drug-likeness (QED) is 0.0222. The van der Waals surface area contributed by atoms with Gasteiger partial charge in [0.1, 0.15) is 6.29 Å². The van der Waals surface area contributed by atoms with Crippen LogP contribution < -0.4 is 0 Å². The van der Waals surface area contributed by atoms with Gasteiger partial charge in [-0.1, -0.05) is 128 Å². The average Bonchev–Trinajstić information content (AvgIpc) is 3.01. The van der Waals surface area contributed by atoms with Gasteiger partial charge in [-0.3, -0.25) is 19.2 Å². The Balaban J connectivity index is -0.0000000555. The Morgan fingerprint density at radius 1 is 0.517 bits per heavy atom. The average molecular weight is 1010 g/mol. The van der Waals surface area contributed by atoms with E-state index in [1.165, 1.54) is 0 Å². The summed E-state index contributed by atoms with van der Waals surface area (Å²) in [5.41, 5.74) is 0. The molecule has 11 nitrogen and oxygen atoms in total. The molecule has 0 unspecified atom stereocenters. The van der Waals surface area contributed by atoms with Crippen molar-refractivity contribution in [2.75, 3.05) is 26.4 Å². The molecule has 3 N–H and O–H groups in total. The minimum atomic E-state index is -1.10. The number of aldehydes is 1. The molecule has 0 aromatic rings. The van der Waals surface area contributed by atoms with Crippen LogP contribution in [-0.2, 0) is 59.2 Å². The van der Waals surface area contributed by atoms with E-state index in [1.807, 2.05) is 0 Å². The third-order valence-corrected chi connectivity index (χ3v) is 13.2. The standard InChI is InChI=1S/C10H20O3Si.C10H20O2Si.C9H18O3Si.C5H8O2.C5H14OSi.5CH4.Mo/c1-14(2,3)9-8-13-10(12)6-4-5-7-11;1-5-6-7-10(11)12-8-9-13(2,3)4;1-13(2,3)8-7-12-9(11)5-4-6-10;1-2-3-4-5(6)7;1-7(2,3)5-4-6;;;;;;/h5,7,11H,4,6,8-9H2,1-3H3;5H,1,6-9H2,2-4H3;6H,4-5,7-8H2,1-3H3;2H,1,3-4H2,(H,6,7);6H,4-5H2,1-3H3;5*1H4;. The summed E-state index contributed by atoms with van der Waals surface area (Å²) in [4.78, 5) is 52.7. The Labute approximate surface area is 390 Å². The van der Waals surface area contributed by atoms with Crippen molar-refractivity contribution < 1.29 is 74.6 Å². The number of ether oxygens (including phenoxy) is 3. The zero-order chi connectivity index (χ0) is 43.3. The van der Waals surface area contributed by atoms with Gasteiger partial charge in [-0.2, -0.15) is 0 Å². The predicted molar refractivity (Wildman–Crippen MR) is 269 cm³/mol. The zero-order valence-electron chi connectivity index (χ0n) is 36.6. The number of carbonyl (C=O) groups excluding carboxylic acids is 4. The molecule has 0 radical (unpaired) electrons. The monoisotopic (exact) mass is 1010 g/mol. The molecular weight excluding hydrogens is 913 g/mol. The first-order chi connectivity index (χ1) is 24.7. The molecule has 16 heteroatoms. The smallest absolute Gasteiger partial charge is 0.306 e. The SMILES string of the molecule is C.C.C.C.C.C=CCCC(=O)O.C=CCCC(=O)OCC[Si](C)(C)C.C[Si](C)(C)CCO.C[Si](C)(C)CCOC(=O)CCC=CO.C[Si](C)(C)CCOC(=O)CCC=O.[Mo]. The number of aliphatic carboxylic acids is 1. The topological polar surface area (TPSA) is 174 Å². The molecule has 0 heterocycles. The van der Waals surface area contributed by atoms with Crippen molar-refractivity contribution in [3.63, 3.8) is 0 Å². The molecule has 0 aliphatic heterocycles. The molecule has 0 atom stereocenters. The van der Waals surface area contributed by atoms with E-state index in [9.17, 15) is 24.0 Å². The van der Waals surface area contributed by atoms with Crippen LogP contribution in [0.5, 0.6) is 0 Å². The Hall–Kier alpha value is -1.91. The molecule has 0 spiro atoms. The summed E-state index contributed by atoms with van der Waals surface area (Å²) < 4.78 is 15.1. The van der Waals surface area contributed by atoms with Crippen LogP contribution >= 0.6 is 0 Å². The van der Waals surface area contributed by atoms with Crippen molar-refractivity contribution in [2.24, 2.45) is 0 Å². The summed E-state index contributed by atoms with van der Waals surface area (Å²) in [6.45, 7) is 35.9. The molecule has 0 saturated carbocycles. The Kier molecular flexibility index (Phi) is 75.7. The van der Waals surface area contributed by atoms with Gasteiger partial charge in [-0.05, 0) is 49.5 Å². The Morgan fingerprint density at radius 2 is 0.800 bits per heavy atom. The van der Waals surface area contributed by atoms with Crippen molar-refractivity contribution in [1.29, 1.82) is 0 Å². The van der Waals surface area contributed by atoms with E-state index in [0.717, 1.165) is 36.7 Å². The van der Waals surface area contributed by atoms with Crippen LogP contribution in [0.25, 0.3) is 0 Å². The van der Waals surface area contributed by atoms with Crippen LogP contribution in [0, 0.1) is 0 Å².